The van der Waals surface area contributed by atoms with Crippen LogP contribution in [0.2, 0.25) is 0 Å². The third-order valence-corrected chi connectivity index (χ3v) is 5.20. The molecule has 1 aromatic heterocycles. The molecule has 5 nitrogen and oxygen atoms in total. The molecular formula is C20H18BrFN2O3. The van der Waals surface area contributed by atoms with Crippen LogP contribution in [-0.2, 0) is 6.42 Å². The third-order valence-electron chi connectivity index (χ3n) is 4.32. The number of halogens is 2. The number of hydrogen-bond acceptors (Lipinski definition) is 3. The molecule has 0 spiro atoms. The van der Waals surface area contributed by atoms with Crippen molar-refractivity contribution in [2.24, 2.45) is 0 Å². The van der Waals surface area contributed by atoms with Crippen molar-refractivity contribution in [3.05, 3.63) is 69.6 Å². The third kappa shape index (κ3) is 4.03. The first-order chi connectivity index (χ1) is 12.9. The van der Waals surface area contributed by atoms with E-state index in [-0.39, 0.29) is 18.8 Å². The topological polar surface area (TPSA) is 66.6 Å². The monoisotopic (exact) mass is 432 g/mol. The lowest BCUT2D eigenvalue weighted by Crippen LogP contribution is -2.32. The van der Waals surface area contributed by atoms with Crippen LogP contribution in [0.4, 0.5) is 14.9 Å². The Morgan fingerprint density at radius 1 is 1.26 bits per heavy atom. The zero-order valence-electron chi connectivity index (χ0n) is 14.9. The molecule has 140 valence electrons. The molecule has 0 radical (unpaired) electrons. The van der Waals surface area contributed by atoms with E-state index in [1.807, 2.05) is 25.1 Å². The maximum Gasteiger partial charge on any atom is 0.412 e. The van der Waals surface area contributed by atoms with Crippen molar-refractivity contribution in [3.63, 3.8) is 0 Å². The van der Waals surface area contributed by atoms with E-state index in [1.54, 1.807) is 25.1 Å². The van der Waals surface area contributed by atoms with Crippen molar-refractivity contribution >= 4 is 27.7 Å². The summed E-state index contributed by atoms with van der Waals surface area (Å²) in [6.07, 6.45) is -0.907. The highest BCUT2D eigenvalue weighted by Crippen LogP contribution is 2.35. The van der Waals surface area contributed by atoms with E-state index in [2.05, 4.69) is 21.1 Å². The fourth-order valence-corrected chi connectivity index (χ4v) is 3.14. The quantitative estimate of drug-likeness (QED) is 0.570. The SMILES string of the molecule is Cc1cc(-c2onc(C)c2N(CCc2ccccc2F)C(=O)O)ccc1Br. The summed E-state index contributed by atoms with van der Waals surface area (Å²) in [5.41, 5.74) is 3.00. The number of anilines is 1. The van der Waals surface area contributed by atoms with Gasteiger partial charge in [-0.3, -0.25) is 4.90 Å². The lowest BCUT2D eigenvalue weighted by molar-refractivity contribution is 0.202. The number of hydrogen-bond donors (Lipinski definition) is 1. The standard InChI is InChI=1S/C20H18BrFN2O3/c1-12-11-15(7-8-16(12)21)19-18(13(2)23-27-19)24(20(25)26)10-9-14-5-3-4-6-17(14)22/h3-8,11H,9-10H2,1-2H3,(H,25,26). The Labute approximate surface area is 164 Å². The minimum atomic E-state index is -1.15. The second kappa shape index (κ2) is 7.92. The number of aromatic nitrogens is 1. The molecule has 0 aliphatic heterocycles. The van der Waals surface area contributed by atoms with Gasteiger partial charge in [0, 0.05) is 16.6 Å². The van der Waals surface area contributed by atoms with Crippen LogP contribution in [0.15, 0.2) is 51.5 Å². The zero-order valence-corrected chi connectivity index (χ0v) is 16.5. The zero-order chi connectivity index (χ0) is 19.6. The van der Waals surface area contributed by atoms with Gasteiger partial charge in [-0.05, 0) is 55.7 Å². The number of benzene rings is 2. The Bertz CT molecular complexity index is 987. The van der Waals surface area contributed by atoms with E-state index in [9.17, 15) is 14.3 Å². The van der Waals surface area contributed by atoms with Gasteiger partial charge in [0.1, 0.15) is 17.2 Å². The van der Waals surface area contributed by atoms with E-state index < -0.39 is 6.09 Å². The summed E-state index contributed by atoms with van der Waals surface area (Å²) >= 11 is 3.45. The summed E-state index contributed by atoms with van der Waals surface area (Å²) in [4.78, 5) is 13.1. The summed E-state index contributed by atoms with van der Waals surface area (Å²) in [7, 11) is 0. The maximum atomic E-state index is 13.9. The molecule has 1 N–H and O–H groups in total. The summed E-state index contributed by atoms with van der Waals surface area (Å²) in [6.45, 7) is 3.71. The first-order valence-electron chi connectivity index (χ1n) is 8.35. The highest BCUT2D eigenvalue weighted by molar-refractivity contribution is 9.10. The Hall–Kier alpha value is -2.67. The van der Waals surface area contributed by atoms with Crippen LogP contribution in [0.5, 0.6) is 0 Å². The van der Waals surface area contributed by atoms with Crippen LogP contribution in [0, 0.1) is 19.7 Å². The highest BCUT2D eigenvalue weighted by atomic mass is 79.9. The molecule has 7 heteroatoms. The Balaban J connectivity index is 1.96. The maximum absolute atomic E-state index is 13.9. The molecule has 3 aromatic rings. The van der Waals surface area contributed by atoms with Crippen LogP contribution < -0.4 is 4.90 Å². The number of aryl methyl sites for hydroxylation is 2. The molecule has 0 atom stereocenters. The van der Waals surface area contributed by atoms with Gasteiger partial charge >= 0.3 is 6.09 Å². The van der Waals surface area contributed by atoms with Gasteiger partial charge in [0.05, 0.1) is 0 Å². The van der Waals surface area contributed by atoms with Crippen LogP contribution >= 0.6 is 15.9 Å². The molecule has 27 heavy (non-hydrogen) atoms. The first kappa shape index (κ1) is 19.1. The first-order valence-corrected chi connectivity index (χ1v) is 9.14. The minimum absolute atomic E-state index is 0.0842. The van der Waals surface area contributed by atoms with Crippen molar-refractivity contribution in [1.29, 1.82) is 0 Å². The van der Waals surface area contributed by atoms with Gasteiger partial charge in [-0.25, -0.2) is 9.18 Å². The summed E-state index contributed by atoms with van der Waals surface area (Å²) in [5, 5.41) is 13.7. The number of carbonyl (C=O) groups is 1. The molecule has 3 rings (SSSR count). The molecule has 0 saturated heterocycles. The molecule has 1 amide bonds. The second-order valence-corrected chi connectivity index (χ2v) is 7.04. The average molecular weight is 433 g/mol. The van der Waals surface area contributed by atoms with Gasteiger partial charge in [-0.15, -0.1) is 0 Å². The second-order valence-electron chi connectivity index (χ2n) is 6.19. The lowest BCUT2D eigenvalue weighted by Gasteiger charge is -2.19. The largest absolute Gasteiger partial charge is 0.465 e. The van der Waals surface area contributed by atoms with Crippen LogP contribution in [0.3, 0.4) is 0 Å². The van der Waals surface area contributed by atoms with E-state index in [1.165, 1.54) is 6.07 Å². The number of amides is 1. The van der Waals surface area contributed by atoms with Crippen molar-refractivity contribution in [2.75, 3.05) is 11.4 Å². The molecule has 1 heterocycles. The normalized spacial score (nSPS) is 10.8. The van der Waals surface area contributed by atoms with Crippen molar-refractivity contribution < 1.29 is 18.8 Å². The predicted octanol–water partition coefficient (Wildman–Crippen LogP) is 5.59. The van der Waals surface area contributed by atoms with Gasteiger partial charge in [0.15, 0.2) is 5.76 Å². The van der Waals surface area contributed by atoms with Crippen LogP contribution in [-0.4, -0.2) is 22.9 Å². The highest BCUT2D eigenvalue weighted by Gasteiger charge is 2.26. The molecule has 2 aromatic carbocycles. The molecular weight excluding hydrogens is 415 g/mol. The van der Waals surface area contributed by atoms with Crippen molar-refractivity contribution in [3.8, 4) is 11.3 Å². The van der Waals surface area contributed by atoms with Crippen molar-refractivity contribution in [1.82, 2.24) is 5.16 Å². The van der Waals surface area contributed by atoms with Crippen LogP contribution in [0.25, 0.3) is 11.3 Å². The average Bonchev–Trinajstić information content (AvgIpc) is 3.00. The smallest absolute Gasteiger partial charge is 0.412 e. The van der Waals surface area contributed by atoms with E-state index in [0.29, 0.717) is 22.7 Å². The summed E-state index contributed by atoms with van der Waals surface area (Å²) < 4.78 is 20.3. The molecule has 0 fully saturated rings. The molecule has 0 saturated carbocycles. The summed E-state index contributed by atoms with van der Waals surface area (Å²) in [6, 6.07) is 11.9. The van der Waals surface area contributed by atoms with Crippen LogP contribution in [0.1, 0.15) is 16.8 Å². The van der Waals surface area contributed by atoms with Gasteiger partial charge in [0.2, 0.25) is 0 Å². The lowest BCUT2D eigenvalue weighted by atomic mass is 10.1. The van der Waals surface area contributed by atoms with Gasteiger partial charge in [0.25, 0.3) is 0 Å². The Morgan fingerprint density at radius 2 is 2.00 bits per heavy atom. The molecule has 0 bridgehead atoms. The number of rotatable bonds is 5. The molecule has 0 aliphatic carbocycles. The fourth-order valence-electron chi connectivity index (χ4n) is 2.89. The van der Waals surface area contributed by atoms with Gasteiger partial charge in [-0.2, -0.15) is 0 Å². The molecule has 0 aliphatic rings. The minimum Gasteiger partial charge on any atom is -0.465 e. The van der Waals surface area contributed by atoms with E-state index in [0.717, 1.165) is 20.5 Å². The predicted molar refractivity (Wildman–Crippen MR) is 105 cm³/mol. The molecule has 0 unspecified atom stereocenters. The van der Waals surface area contributed by atoms with E-state index in [4.69, 9.17) is 4.52 Å². The van der Waals surface area contributed by atoms with Crippen molar-refractivity contribution in [2.45, 2.75) is 20.3 Å². The van der Waals surface area contributed by atoms with E-state index >= 15 is 0 Å². The Kier molecular flexibility index (Phi) is 5.60. The van der Waals surface area contributed by atoms with Gasteiger partial charge in [-0.1, -0.05) is 39.3 Å². The Morgan fingerprint density at radius 3 is 2.67 bits per heavy atom. The number of carboxylic acid groups (broad SMARTS) is 1. The number of nitrogens with zero attached hydrogens (tertiary/aromatic N) is 2. The van der Waals surface area contributed by atoms with Gasteiger partial charge < -0.3 is 9.63 Å². The summed E-state index contributed by atoms with van der Waals surface area (Å²) in [5.74, 6) is 0.0210. The fraction of sp³-hybridized carbons (Fsp3) is 0.200.